The van der Waals surface area contributed by atoms with Crippen LogP contribution in [-0.2, 0) is 5.75 Å². The van der Waals surface area contributed by atoms with E-state index in [0.29, 0.717) is 17.4 Å². The van der Waals surface area contributed by atoms with Crippen molar-refractivity contribution in [1.29, 1.82) is 0 Å². The van der Waals surface area contributed by atoms with Crippen molar-refractivity contribution >= 4 is 33.9 Å². The minimum Gasteiger partial charge on any atom is -0.357 e. The molecular formula is C15H15N5OS2. The van der Waals surface area contributed by atoms with Gasteiger partial charge >= 0.3 is 0 Å². The van der Waals surface area contributed by atoms with E-state index >= 15 is 0 Å². The molecule has 3 heterocycles. The number of rotatable bonds is 5. The van der Waals surface area contributed by atoms with Gasteiger partial charge in [0, 0.05) is 24.1 Å². The second kappa shape index (κ2) is 5.93. The zero-order valence-electron chi connectivity index (χ0n) is 12.5. The predicted octanol–water partition coefficient (Wildman–Crippen LogP) is 2.72. The maximum absolute atomic E-state index is 12.2. The number of aromatic nitrogens is 4. The van der Waals surface area contributed by atoms with Gasteiger partial charge in [0.05, 0.1) is 5.69 Å². The lowest BCUT2D eigenvalue weighted by atomic mass is 10.3. The third-order valence-corrected chi connectivity index (χ3v) is 5.62. The highest BCUT2D eigenvalue weighted by molar-refractivity contribution is 8.00. The quantitative estimate of drug-likeness (QED) is 0.717. The first-order chi connectivity index (χ1) is 11.2. The first-order valence-electron chi connectivity index (χ1n) is 7.40. The molecule has 23 heavy (non-hydrogen) atoms. The van der Waals surface area contributed by atoms with Gasteiger partial charge in [0.1, 0.15) is 5.65 Å². The van der Waals surface area contributed by atoms with Crippen LogP contribution >= 0.6 is 23.1 Å². The summed E-state index contributed by atoms with van der Waals surface area (Å²) in [6, 6.07) is 5.98. The van der Waals surface area contributed by atoms with E-state index in [4.69, 9.17) is 0 Å². The predicted molar refractivity (Wildman–Crippen MR) is 92.3 cm³/mol. The maximum atomic E-state index is 12.2. The molecule has 118 valence electrons. The van der Waals surface area contributed by atoms with Crippen molar-refractivity contribution in [3.63, 3.8) is 0 Å². The third-order valence-electron chi connectivity index (χ3n) is 3.59. The van der Waals surface area contributed by atoms with Crippen LogP contribution in [0.2, 0.25) is 0 Å². The van der Waals surface area contributed by atoms with E-state index in [-0.39, 0.29) is 5.56 Å². The molecule has 1 aliphatic carbocycles. The van der Waals surface area contributed by atoms with Gasteiger partial charge in [0.15, 0.2) is 4.34 Å². The zero-order valence-corrected chi connectivity index (χ0v) is 14.2. The van der Waals surface area contributed by atoms with Crippen LogP contribution in [0, 0.1) is 6.92 Å². The van der Waals surface area contributed by atoms with E-state index in [0.717, 1.165) is 20.7 Å². The Morgan fingerprint density at radius 3 is 3.13 bits per heavy atom. The standard InChI is InChI=1S/C15H15N5OS2/c1-9-3-2-6-20-12(21)7-11(16-13(9)20)8-22-15-19-18-14(23-15)17-10-4-5-10/h2-3,6-7,10H,4-5,8H2,1H3,(H,17,18). The first kappa shape index (κ1) is 14.6. The Kier molecular flexibility index (Phi) is 3.78. The van der Waals surface area contributed by atoms with Crippen molar-refractivity contribution < 1.29 is 0 Å². The molecule has 0 unspecified atom stereocenters. The lowest BCUT2D eigenvalue weighted by molar-refractivity contribution is 0.987. The summed E-state index contributed by atoms with van der Waals surface area (Å²) < 4.78 is 2.46. The van der Waals surface area contributed by atoms with E-state index in [1.807, 2.05) is 19.1 Å². The Morgan fingerprint density at radius 2 is 2.30 bits per heavy atom. The molecule has 0 aromatic carbocycles. The summed E-state index contributed by atoms with van der Waals surface area (Å²) in [4.78, 5) is 16.8. The van der Waals surface area contributed by atoms with Gasteiger partial charge in [-0.15, -0.1) is 10.2 Å². The Bertz CT molecular complexity index is 916. The van der Waals surface area contributed by atoms with E-state index in [2.05, 4.69) is 20.5 Å². The molecule has 8 heteroatoms. The van der Waals surface area contributed by atoms with Crippen molar-refractivity contribution in [3.8, 4) is 0 Å². The van der Waals surface area contributed by atoms with Crippen LogP contribution in [0.5, 0.6) is 0 Å². The van der Waals surface area contributed by atoms with Crippen LogP contribution in [0.15, 0.2) is 33.5 Å². The molecule has 0 amide bonds. The molecule has 0 atom stereocenters. The van der Waals surface area contributed by atoms with E-state index in [1.54, 1.807) is 39.8 Å². The van der Waals surface area contributed by atoms with Crippen LogP contribution in [0.4, 0.5) is 5.13 Å². The SMILES string of the molecule is Cc1cccn2c(=O)cc(CSc3nnc(NC4CC4)s3)nc12. The van der Waals surface area contributed by atoms with Crippen molar-refractivity contribution in [1.82, 2.24) is 19.6 Å². The second-order valence-electron chi connectivity index (χ2n) is 5.55. The van der Waals surface area contributed by atoms with Crippen molar-refractivity contribution in [2.45, 2.75) is 35.9 Å². The van der Waals surface area contributed by atoms with Gasteiger partial charge in [0.2, 0.25) is 5.13 Å². The summed E-state index contributed by atoms with van der Waals surface area (Å²) in [6.45, 7) is 1.96. The van der Waals surface area contributed by atoms with Crippen LogP contribution < -0.4 is 10.9 Å². The van der Waals surface area contributed by atoms with Crippen LogP contribution in [0.25, 0.3) is 5.65 Å². The Balaban J connectivity index is 1.52. The van der Waals surface area contributed by atoms with Gasteiger partial charge in [-0.1, -0.05) is 29.2 Å². The number of fused-ring (bicyclic) bond motifs is 1. The molecule has 1 fully saturated rings. The number of hydrogen-bond acceptors (Lipinski definition) is 7. The first-order valence-corrected chi connectivity index (χ1v) is 9.20. The molecule has 0 radical (unpaired) electrons. The van der Waals surface area contributed by atoms with Crippen LogP contribution in [0.3, 0.4) is 0 Å². The summed E-state index contributed by atoms with van der Waals surface area (Å²) in [5.41, 5.74) is 2.41. The number of nitrogens with one attached hydrogen (secondary N) is 1. The van der Waals surface area contributed by atoms with Gasteiger partial charge in [-0.2, -0.15) is 0 Å². The summed E-state index contributed by atoms with van der Waals surface area (Å²) in [5, 5.41) is 12.5. The van der Waals surface area contributed by atoms with Gasteiger partial charge in [-0.05, 0) is 31.4 Å². The highest BCUT2D eigenvalue weighted by Crippen LogP contribution is 2.31. The number of pyridine rings is 1. The molecule has 1 aliphatic rings. The van der Waals surface area contributed by atoms with Gasteiger partial charge in [-0.3, -0.25) is 9.20 Å². The van der Waals surface area contributed by atoms with Crippen molar-refractivity contribution in [2.75, 3.05) is 5.32 Å². The summed E-state index contributed by atoms with van der Waals surface area (Å²) >= 11 is 3.11. The smallest absolute Gasteiger partial charge is 0.258 e. The molecule has 6 nitrogen and oxygen atoms in total. The average Bonchev–Trinajstić information content (AvgIpc) is 3.23. The lowest BCUT2D eigenvalue weighted by Crippen LogP contribution is -2.15. The zero-order chi connectivity index (χ0) is 15.8. The number of anilines is 1. The number of thioether (sulfide) groups is 1. The minimum atomic E-state index is -0.0531. The maximum Gasteiger partial charge on any atom is 0.258 e. The van der Waals surface area contributed by atoms with Gasteiger partial charge < -0.3 is 5.32 Å². The fourth-order valence-electron chi connectivity index (χ4n) is 2.25. The minimum absolute atomic E-state index is 0.0531. The van der Waals surface area contributed by atoms with E-state index in [1.165, 1.54) is 12.8 Å². The molecule has 0 spiro atoms. The molecule has 4 rings (SSSR count). The Hall–Kier alpha value is -1.93. The number of aryl methyl sites for hydroxylation is 1. The molecule has 1 saturated carbocycles. The topological polar surface area (TPSA) is 72.2 Å². The molecule has 3 aromatic heterocycles. The Labute approximate surface area is 141 Å². The van der Waals surface area contributed by atoms with Crippen LogP contribution in [0.1, 0.15) is 24.1 Å². The molecule has 0 bridgehead atoms. The number of hydrogen-bond donors (Lipinski definition) is 1. The van der Waals surface area contributed by atoms with E-state index < -0.39 is 0 Å². The normalized spacial score (nSPS) is 14.3. The van der Waals surface area contributed by atoms with Crippen LogP contribution in [-0.4, -0.2) is 25.6 Å². The Morgan fingerprint density at radius 1 is 1.43 bits per heavy atom. The molecular weight excluding hydrogens is 330 g/mol. The van der Waals surface area contributed by atoms with Crippen molar-refractivity contribution in [2.24, 2.45) is 0 Å². The highest BCUT2D eigenvalue weighted by atomic mass is 32.2. The molecule has 3 aromatic rings. The van der Waals surface area contributed by atoms with Gasteiger partial charge in [-0.25, -0.2) is 4.98 Å². The number of nitrogens with zero attached hydrogens (tertiary/aromatic N) is 4. The average molecular weight is 345 g/mol. The molecule has 1 N–H and O–H groups in total. The highest BCUT2D eigenvalue weighted by Gasteiger charge is 2.22. The second-order valence-corrected chi connectivity index (χ2v) is 7.75. The molecule has 0 aliphatic heterocycles. The fraction of sp³-hybridized carbons (Fsp3) is 0.333. The summed E-state index contributed by atoms with van der Waals surface area (Å²) in [5.74, 6) is 0.609. The summed E-state index contributed by atoms with van der Waals surface area (Å²) in [6.07, 6.45) is 4.17. The van der Waals surface area contributed by atoms with E-state index in [9.17, 15) is 4.79 Å². The van der Waals surface area contributed by atoms with Crippen molar-refractivity contribution in [3.05, 3.63) is 46.0 Å². The lowest BCUT2D eigenvalue weighted by Gasteiger charge is -2.05. The van der Waals surface area contributed by atoms with Gasteiger partial charge in [0.25, 0.3) is 5.56 Å². The largest absolute Gasteiger partial charge is 0.357 e. The fourth-order valence-corrected chi connectivity index (χ4v) is 3.97. The molecule has 0 saturated heterocycles. The monoisotopic (exact) mass is 345 g/mol. The summed E-state index contributed by atoms with van der Waals surface area (Å²) in [7, 11) is 0. The third kappa shape index (κ3) is 3.23.